The Bertz CT molecular complexity index is 933. The molecular weight excluding hydrogens is 437 g/mol. The van der Waals surface area contributed by atoms with E-state index in [1.807, 2.05) is 0 Å². The molecule has 1 aliphatic rings. The Balaban J connectivity index is 1.91. The van der Waals surface area contributed by atoms with Crippen LogP contribution in [0.3, 0.4) is 0 Å². The van der Waals surface area contributed by atoms with Gasteiger partial charge in [0.1, 0.15) is 5.60 Å². The zero-order chi connectivity index (χ0) is 22.8. The van der Waals surface area contributed by atoms with E-state index < -0.39 is 29.5 Å². The highest BCUT2D eigenvalue weighted by Gasteiger charge is 2.34. The van der Waals surface area contributed by atoms with Crippen LogP contribution in [0.25, 0.3) is 0 Å². The van der Waals surface area contributed by atoms with Gasteiger partial charge in [-0.15, -0.1) is 0 Å². The van der Waals surface area contributed by atoms with Crippen LogP contribution in [0.15, 0.2) is 30.6 Å². The molecule has 0 spiro atoms. The number of carbonyl (C=O) groups excluding carboxylic acids is 1. The smallest absolute Gasteiger partial charge is 0.419 e. The number of nitrogens with one attached hydrogen (secondary N) is 1. The zero-order valence-corrected chi connectivity index (χ0v) is 17.9. The number of carbonyl (C=O) groups is 1. The summed E-state index contributed by atoms with van der Waals surface area (Å²) in [5.74, 6) is -0.0668. The number of aromatic nitrogens is 2. The maximum absolute atomic E-state index is 12.8. The minimum atomic E-state index is -4.54. The van der Waals surface area contributed by atoms with Crippen molar-refractivity contribution >= 4 is 29.3 Å². The van der Waals surface area contributed by atoms with Gasteiger partial charge in [-0.1, -0.05) is 23.7 Å². The van der Waals surface area contributed by atoms with Crippen molar-refractivity contribution in [1.29, 1.82) is 0 Å². The molecule has 1 atom stereocenters. The second kappa shape index (κ2) is 8.88. The summed E-state index contributed by atoms with van der Waals surface area (Å²) in [5, 5.41) is 3.16. The highest BCUT2D eigenvalue weighted by molar-refractivity contribution is 6.33. The first kappa shape index (κ1) is 23.1. The number of alkyl halides is 3. The molecular formula is C20H22ClF3N4O3. The molecule has 168 valence electrons. The molecule has 0 radical (unpaired) electrons. The number of hydrogen-bond donors (Lipinski definition) is 1. The predicted octanol–water partition coefficient (Wildman–Crippen LogP) is 5.20. The van der Waals surface area contributed by atoms with E-state index in [0.29, 0.717) is 36.8 Å². The lowest BCUT2D eigenvalue weighted by molar-refractivity contribution is -0.138. The van der Waals surface area contributed by atoms with Gasteiger partial charge in [0, 0.05) is 24.5 Å². The van der Waals surface area contributed by atoms with E-state index in [1.54, 1.807) is 43.9 Å². The molecule has 1 aromatic heterocycles. The second-order valence-electron chi connectivity index (χ2n) is 7.89. The SMILES string of the molecule is CC(C)(C)OC(=O)N1CCOC[C@@H]1c1cccc(Cl)c1Nc1ncc(C(F)(F)F)cn1. The molecule has 0 bridgehead atoms. The Labute approximate surface area is 182 Å². The van der Waals surface area contributed by atoms with Crippen LogP contribution in [0.2, 0.25) is 5.02 Å². The predicted molar refractivity (Wildman–Crippen MR) is 108 cm³/mol. The van der Waals surface area contributed by atoms with Crippen LogP contribution in [0.5, 0.6) is 0 Å². The summed E-state index contributed by atoms with van der Waals surface area (Å²) >= 11 is 6.36. The molecule has 11 heteroatoms. The molecule has 7 nitrogen and oxygen atoms in total. The molecule has 2 heterocycles. The lowest BCUT2D eigenvalue weighted by Gasteiger charge is -2.37. The lowest BCUT2D eigenvalue weighted by Crippen LogP contribution is -2.45. The van der Waals surface area contributed by atoms with E-state index in [-0.39, 0.29) is 17.6 Å². The number of ether oxygens (including phenoxy) is 2. The molecule has 1 N–H and O–H groups in total. The minimum Gasteiger partial charge on any atom is -0.444 e. The maximum atomic E-state index is 12.8. The number of nitrogens with zero attached hydrogens (tertiary/aromatic N) is 3. The average molecular weight is 459 g/mol. The number of hydrogen-bond acceptors (Lipinski definition) is 6. The third-order valence-corrected chi connectivity index (χ3v) is 4.69. The summed E-state index contributed by atoms with van der Waals surface area (Å²) in [6, 6.07) is 4.53. The van der Waals surface area contributed by atoms with Gasteiger partial charge in [-0.25, -0.2) is 14.8 Å². The van der Waals surface area contributed by atoms with Crippen LogP contribution < -0.4 is 5.32 Å². The van der Waals surface area contributed by atoms with E-state index >= 15 is 0 Å². The molecule has 1 saturated heterocycles. The minimum absolute atomic E-state index is 0.0668. The maximum Gasteiger partial charge on any atom is 0.419 e. The Kier molecular flexibility index (Phi) is 6.61. The number of amides is 1. The lowest BCUT2D eigenvalue weighted by atomic mass is 10.0. The largest absolute Gasteiger partial charge is 0.444 e. The van der Waals surface area contributed by atoms with Crippen LogP contribution >= 0.6 is 11.6 Å². The summed E-state index contributed by atoms with van der Waals surface area (Å²) < 4.78 is 49.4. The van der Waals surface area contributed by atoms with Crippen LogP contribution in [0.4, 0.5) is 29.6 Å². The molecule has 3 rings (SSSR count). The average Bonchev–Trinajstić information content (AvgIpc) is 2.68. The number of rotatable bonds is 3. The van der Waals surface area contributed by atoms with E-state index in [4.69, 9.17) is 21.1 Å². The number of morpholine rings is 1. The molecule has 1 aliphatic heterocycles. The van der Waals surface area contributed by atoms with Crippen molar-refractivity contribution in [2.45, 2.75) is 38.6 Å². The first-order valence-corrected chi connectivity index (χ1v) is 9.85. The second-order valence-corrected chi connectivity index (χ2v) is 8.29. The zero-order valence-electron chi connectivity index (χ0n) is 17.2. The quantitative estimate of drug-likeness (QED) is 0.681. The Morgan fingerprint density at radius 1 is 1.26 bits per heavy atom. The molecule has 1 amide bonds. The van der Waals surface area contributed by atoms with Gasteiger partial charge in [0.2, 0.25) is 5.95 Å². The fourth-order valence-electron chi connectivity index (χ4n) is 3.00. The highest BCUT2D eigenvalue weighted by atomic mass is 35.5. The molecule has 1 aromatic carbocycles. The number of halogens is 4. The van der Waals surface area contributed by atoms with Crippen molar-refractivity contribution < 1.29 is 27.4 Å². The fourth-order valence-corrected chi connectivity index (χ4v) is 3.23. The summed E-state index contributed by atoms with van der Waals surface area (Å²) in [5.41, 5.74) is -0.674. The molecule has 31 heavy (non-hydrogen) atoms. The van der Waals surface area contributed by atoms with E-state index in [9.17, 15) is 18.0 Å². The molecule has 0 aliphatic carbocycles. The van der Waals surface area contributed by atoms with Gasteiger partial charge in [-0.2, -0.15) is 13.2 Å². The topological polar surface area (TPSA) is 76.6 Å². The van der Waals surface area contributed by atoms with Crippen LogP contribution in [0.1, 0.15) is 37.9 Å². The van der Waals surface area contributed by atoms with Crippen molar-refractivity contribution in [2.75, 3.05) is 25.1 Å². The highest BCUT2D eigenvalue weighted by Crippen LogP contribution is 2.37. The van der Waals surface area contributed by atoms with Crippen molar-refractivity contribution in [3.8, 4) is 0 Å². The molecule has 0 unspecified atom stereocenters. The van der Waals surface area contributed by atoms with Gasteiger partial charge in [0.15, 0.2) is 0 Å². The molecule has 1 fully saturated rings. The summed E-state index contributed by atoms with van der Waals surface area (Å²) in [6.07, 6.45) is -3.68. The van der Waals surface area contributed by atoms with Gasteiger partial charge in [0.05, 0.1) is 35.5 Å². The summed E-state index contributed by atoms with van der Waals surface area (Å²) in [4.78, 5) is 21.8. The third kappa shape index (κ3) is 5.76. The Morgan fingerprint density at radius 2 is 1.94 bits per heavy atom. The van der Waals surface area contributed by atoms with Gasteiger partial charge in [0.25, 0.3) is 0 Å². The van der Waals surface area contributed by atoms with Crippen LogP contribution in [-0.2, 0) is 15.7 Å². The van der Waals surface area contributed by atoms with Crippen LogP contribution in [0, 0.1) is 0 Å². The Hall–Kier alpha value is -2.59. The standard InChI is InChI=1S/C20H22ClF3N4O3/c1-19(2,3)31-18(29)28-7-8-30-11-15(28)13-5-4-6-14(21)16(13)27-17-25-9-12(10-26-17)20(22,23)24/h4-6,9-10,15H,7-8,11H2,1-3H3,(H,25,26,27)/t15-/m1/s1. The monoisotopic (exact) mass is 458 g/mol. The number of benzene rings is 1. The number of para-hydroxylation sites is 1. The van der Waals surface area contributed by atoms with Crippen molar-refractivity contribution in [1.82, 2.24) is 14.9 Å². The van der Waals surface area contributed by atoms with Gasteiger partial charge in [-0.05, 0) is 26.8 Å². The van der Waals surface area contributed by atoms with Crippen molar-refractivity contribution in [2.24, 2.45) is 0 Å². The normalized spacial score (nSPS) is 17.4. The van der Waals surface area contributed by atoms with E-state index in [0.717, 1.165) is 0 Å². The first-order valence-electron chi connectivity index (χ1n) is 9.48. The van der Waals surface area contributed by atoms with Crippen molar-refractivity contribution in [3.63, 3.8) is 0 Å². The third-order valence-electron chi connectivity index (χ3n) is 4.38. The van der Waals surface area contributed by atoms with Crippen molar-refractivity contribution in [3.05, 3.63) is 46.7 Å². The summed E-state index contributed by atoms with van der Waals surface area (Å²) in [6.45, 7) is 6.17. The summed E-state index contributed by atoms with van der Waals surface area (Å²) in [7, 11) is 0. The number of anilines is 2. The van der Waals surface area contributed by atoms with Gasteiger partial charge < -0.3 is 14.8 Å². The molecule has 0 saturated carbocycles. The fraction of sp³-hybridized carbons (Fsp3) is 0.450. The van der Waals surface area contributed by atoms with Crippen LogP contribution in [-0.4, -0.2) is 46.3 Å². The van der Waals surface area contributed by atoms with E-state index in [2.05, 4.69) is 15.3 Å². The Morgan fingerprint density at radius 3 is 2.55 bits per heavy atom. The first-order chi connectivity index (χ1) is 14.5. The molecule has 2 aromatic rings. The van der Waals surface area contributed by atoms with Gasteiger partial charge >= 0.3 is 12.3 Å². The van der Waals surface area contributed by atoms with Gasteiger partial charge in [-0.3, -0.25) is 4.90 Å². The van der Waals surface area contributed by atoms with E-state index in [1.165, 1.54) is 0 Å².